The molecule has 0 aliphatic carbocycles. The average molecular weight is 333 g/mol. The number of urea groups is 1. The number of benzene rings is 1. The Morgan fingerprint density at radius 3 is 2.54 bits per heavy atom. The molecule has 1 fully saturated rings. The third-order valence-corrected chi connectivity index (χ3v) is 4.10. The largest absolute Gasteiger partial charge is 0.491 e. The van der Waals surface area contributed by atoms with Gasteiger partial charge in [0.25, 0.3) is 0 Å². The Morgan fingerprint density at radius 2 is 1.92 bits per heavy atom. The Balaban J connectivity index is 1.92. The van der Waals surface area contributed by atoms with Crippen molar-refractivity contribution >= 4 is 17.6 Å². The van der Waals surface area contributed by atoms with E-state index in [2.05, 4.69) is 24.5 Å². The van der Waals surface area contributed by atoms with E-state index in [-0.39, 0.29) is 17.9 Å². The van der Waals surface area contributed by atoms with E-state index in [4.69, 9.17) is 4.74 Å². The second kappa shape index (κ2) is 8.57. The van der Waals surface area contributed by atoms with Crippen molar-refractivity contribution in [3.05, 3.63) is 24.3 Å². The summed E-state index contributed by atoms with van der Waals surface area (Å²) in [7, 11) is 1.65. The van der Waals surface area contributed by atoms with E-state index < -0.39 is 0 Å². The van der Waals surface area contributed by atoms with E-state index >= 15 is 0 Å². The zero-order valence-electron chi connectivity index (χ0n) is 14.7. The Morgan fingerprint density at radius 1 is 1.25 bits per heavy atom. The number of anilines is 1. The second-order valence-electron chi connectivity index (χ2n) is 6.51. The maximum Gasteiger partial charge on any atom is 0.321 e. The van der Waals surface area contributed by atoms with Crippen LogP contribution in [-0.2, 0) is 4.79 Å². The lowest BCUT2D eigenvalue weighted by Crippen LogP contribution is -2.44. The highest BCUT2D eigenvalue weighted by molar-refractivity contribution is 5.91. The molecule has 0 atom stereocenters. The normalized spacial score (nSPS) is 15.2. The smallest absolute Gasteiger partial charge is 0.321 e. The molecule has 24 heavy (non-hydrogen) atoms. The zero-order chi connectivity index (χ0) is 17.5. The van der Waals surface area contributed by atoms with Crippen LogP contribution in [0.1, 0.15) is 26.7 Å². The highest BCUT2D eigenvalue weighted by atomic mass is 16.5. The first-order chi connectivity index (χ1) is 11.5. The maximum absolute atomic E-state index is 12.5. The van der Waals surface area contributed by atoms with Gasteiger partial charge in [0.1, 0.15) is 5.75 Å². The van der Waals surface area contributed by atoms with Crippen LogP contribution in [0.25, 0.3) is 0 Å². The van der Waals surface area contributed by atoms with Gasteiger partial charge in [0.05, 0.1) is 12.3 Å². The van der Waals surface area contributed by atoms with Crippen molar-refractivity contribution in [2.75, 3.05) is 32.1 Å². The minimum atomic E-state index is -0.147. The predicted molar refractivity (Wildman–Crippen MR) is 94.2 cm³/mol. The summed E-state index contributed by atoms with van der Waals surface area (Å²) >= 11 is 0. The number of carbonyl (C=O) groups is 2. The molecule has 0 aromatic heterocycles. The van der Waals surface area contributed by atoms with Gasteiger partial charge in [-0.15, -0.1) is 0 Å². The first kappa shape index (κ1) is 18.1. The van der Waals surface area contributed by atoms with Crippen molar-refractivity contribution < 1.29 is 14.3 Å². The monoisotopic (exact) mass is 333 g/mol. The molecule has 1 aromatic rings. The van der Waals surface area contributed by atoms with Gasteiger partial charge in [-0.25, -0.2) is 4.79 Å². The first-order valence-electron chi connectivity index (χ1n) is 8.50. The van der Waals surface area contributed by atoms with Crippen LogP contribution in [0.2, 0.25) is 0 Å². The van der Waals surface area contributed by atoms with Crippen LogP contribution >= 0.6 is 0 Å². The third-order valence-electron chi connectivity index (χ3n) is 4.10. The van der Waals surface area contributed by atoms with E-state index in [0.29, 0.717) is 49.9 Å². The minimum absolute atomic E-state index is 0.000659. The van der Waals surface area contributed by atoms with Crippen molar-refractivity contribution in [2.24, 2.45) is 11.8 Å². The molecule has 3 amide bonds. The zero-order valence-corrected chi connectivity index (χ0v) is 14.7. The number of rotatable bonds is 5. The average Bonchev–Trinajstić information content (AvgIpc) is 2.60. The van der Waals surface area contributed by atoms with Crippen LogP contribution in [0.15, 0.2) is 24.3 Å². The molecule has 0 saturated carbocycles. The van der Waals surface area contributed by atoms with Crippen molar-refractivity contribution in [1.82, 2.24) is 10.2 Å². The van der Waals surface area contributed by atoms with E-state index in [1.165, 1.54) is 0 Å². The lowest BCUT2D eigenvalue weighted by atomic mass is 9.96. The number of nitrogens with zero attached hydrogens (tertiary/aromatic N) is 1. The highest BCUT2D eigenvalue weighted by Gasteiger charge is 2.27. The Labute approximate surface area is 143 Å². The topological polar surface area (TPSA) is 70.7 Å². The Kier molecular flexibility index (Phi) is 6.46. The molecule has 6 nitrogen and oxygen atoms in total. The summed E-state index contributed by atoms with van der Waals surface area (Å²) in [5.41, 5.74) is 0.677. The van der Waals surface area contributed by atoms with Crippen LogP contribution in [-0.4, -0.2) is 43.6 Å². The SMILES string of the molecule is CNC(=O)C1CCN(C(=O)Nc2ccccc2OCC(C)C)CC1. The second-order valence-corrected chi connectivity index (χ2v) is 6.51. The summed E-state index contributed by atoms with van der Waals surface area (Å²) in [6.45, 7) is 5.93. The fourth-order valence-electron chi connectivity index (χ4n) is 2.70. The van der Waals surface area contributed by atoms with Gasteiger partial charge >= 0.3 is 6.03 Å². The standard InChI is InChI=1S/C18H27N3O3/c1-13(2)12-24-16-7-5-4-6-15(16)20-18(23)21-10-8-14(9-11-21)17(22)19-3/h4-7,13-14H,8-12H2,1-3H3,(H,19,22)(H,20,23). The van der Waals surface area contributed by atoms with Gasteiger partial charge in [0, 0.05) is 26.1 Å². The summed E-state index contributed by atoms with van der Waals surface area (Å²) in [6.07, 6.45) is 1.39. The molecular formula is C18H27N3O3. The molecule has 132 valence electrons. The van der Waals surface area contributed by atoms with Crippen LogP contribution < -0.4 is 15.4 Å². The number of hydrogen-bond donors (Lipinski definition) is 2. The minimum Gasteiger partial charge on any atom is -0.491 e. The molecule has 2 N–H and O–H groups in total. The number of para-hydroxylation sites is 2. The molecule has 1 aliphatic rings. The molecule has 6 heteroatoms. The first-order valence-corrected chi connectivity index (χ1v) is 8.50. The summed E-state index contributed by atoms with van der Waals surface area (Å²) < 4.78 is 5.76. The van der Waals surface area contributed by atoms with Crippen LogP contribution in [0, 0.1) is 11.8 Å². The highest BCUT2D eigenvalue weighted by Crippen LogP contribution is 2.25. The maximum atomic E-state index is 12.5. The molecule has 1 aliphatic heterocycles. The fourth-order valence-corrected chi connectivity index (χ4v) is 2.70. The predicted octanol–water partition coefficient (Wildman–Crippen LogP) is 2.71. The van der Waals surface area contributed by atoms with Gasteiger partial charge in [-0.2, -0.15) is 0 Å². The molecule has 0 radical (unpaired) electrons. The van der Waals surface area contributed by atoms with Gasteiger partial charge < -0.3 is 20.3 Å². The molecule has 0 bridgehead atoms. The van der Waals surface area contributed by atoms with Crippen LogP contribution in [0.3, 0.4) is 0 Å². The van der Waals surface area contributed by atoms with Crippen molar-refractivity contribution in [1.29, 1.82) is 0 Å². The Bertz CT molecular complexity index is 566. The molecule has 2 rings (SSSR count). The summed E-state index contributed by atoms with van der Waals surface area (Å²) in [5.74, 6) is 1.15. The summed E-state index contributed by atoms with van der Waals surface area (Å²) in [6, 6.07) is 7.31. The van der Waals surface area contributed by atoms with Gasteiger partial charge in [0.15, 0.2) is 0 Å². The van der Waals surface area contributed by atoms with Gasteiger partial charge in [-0.05, 0) is 30.9 Å². The van der Waals surface area contributed by atoms with Crippen molar-refractivity contribution in [3.8, 4) is 5.75 Å². The molecule has 1 heterocycles. The summed E-state index contributed by atoms with van der Waals surface area (Å²) in [5, 5.41) is 5.60. The van der Waals surface area contributed by atoms with E-state index in [0.717, 1.165) is 0 Å². The summed E-state index contributed by atoms with van der Waals surface area (Å²) in [4.78, 5) is 25.9. The number of piperidine rings is 1. The number of hydrogen-bond acceptors (Lipinski definition) is 3. The molecule has 0 unspecified atom stereocenters. The molecule has 0 spiro atoms. The quantitative estimate of drug-likeness (QED) is 0.870. The third kappa shape index (κ3) is 4.88. The van der Waals surface area contributed by atoms with Crippen LogP contribution in [0.4, 0.5) is 10.5 Å². The van der Waals surface area contributed by atoms with Crippen LogP contribution in [0.5, 0.6) is 5.75 Å². The lowest BCUT2D eigenvalue weighted by molar-refractivity contribution is -0.125. The molecular weight excluding hydrogens is 306 g/mol. The lowest BCUT2D eigenvalue weighted by Gasteiger charge is -2.31. The number of ether oxygens (including phenoxy) is 1. The van der Waals surface area contributed by atoms with E-state index in [1.54, 1.807) is 11.9 Å². The number of amides is 3. The van der Waals surface area contributed by atoms with Gasteiger partial charge in [-0.1, -0.05) is 26.0 Å². The number of nitrogens with one attached hydrogen (secondary N) is 2. The van der Waals surface area contributed by atoms with E-state index in [9.17, 15) is 9.59 Å². The molecule has 1 saturated heterocycles. The van der Waals surface area contributed by atoms with E-state index in [1.807, 2.05) is 24.3 Å². The number of carbonyl (C=O) groups excluding carboxylic acids is 2. The Hall–Kier alpha value is -2.24. The van der Waals surface area contributed by atoms with Crippen molar-refractivity contribution in [2.45, 2.75) is 26.7 Å². The van der Waals surface area contributed by atoms with Crippen molar-refractivity contribution in [3.63, 3.8) is 0 Å². The molecule has 1 aromatic carbocycles. The fraction of sp³-hybridized carbons (Fsp3) is 0.556. The van der Waals surface area contributed by atoms with Gasteiger partial charge in [-0.3, -0.25) is 4.79 Å². The van der Waals surface area contributed by atoms with Gasteiger partial charge in [0.2, 0.25) is 5.91 Å². The number of likely N-dealkylation sites (tertiary alicyclic amines) is 1.